The Labute approximate surface area is 127 Å². The molecule has 1 N–H and O–H groups in total. The highest BCUT2D eigenvalue weighted by molar-refractivity contribution is 5.29. The molecule has 21 heavy (non-hydrogen) atoms. The molecule has 2 aromatic carbocycles. The number of benzene rings is 2. The van der Waals surface area contributed by atoms with Crippen LogP contribution in [-0.2, 0) is 6.54 Å². The first-order valence-electron chi connectivity index (χ1n) is 7.32. The summed E-state index contributed by atoms with van der Waals surface area (Å²) in [6.07, 6.45) is 1.75. The second-order valence-electron chi connectivity index (χ2n) is 5.20. The van der Waals surface area contributed by atoms with E-state index in [2.05, 4.69) is 62.1 Å². The van der Waals surface area contributed by atoms with Crippen molar-refractivity contribution in [3.8, 4) is 5.75 Å². The third-order valence-corrected chi connectivity index (χ3v) is 3.56. The first-order valence-corrected chi connectivity index (χ1v) is 7.32. The molecule has 2 rings (SSSR count). The Bertz CT molecular complexity index is 574. The summed E-state index contributed by atoms with van der Waals surface area (Å²) in [5.74, 6) is 0.880. The van der Waals surface area contributed by atoms with Crippen LogP contribution in [0.2, 0.25) is 0 Å². The maximum Gasteiger partial charge on any atom is 0.119 e. The SMILES string of the molecule is C=CCOc1ccc(CNC(C)c2ccccc2C)cc1. The van der Waals surface area contributed by atoms with Gasteiger partial charge >= 0.3 is 0 Å². The lowest BCUT2D eigenvalue weighted by atomic mass is 10.0. The van der Waals surface area contributed by atoms with Gasteiger partial charge in [-0.25, -0.2) is 0 Å². The zero-order valence-electron chi connectivity index (χ0n) is 12.8. The van der Waals surface area contributed by atoms with Crippen LogP contribution in [0.25, 0.3) is 0 Å². The zero-order chi connectivity index (χ0) is 15.1. The molecule has 0 saturated heterocycles. The average Bonchev–Trinajstić information content (AvgIpc) is 2.52. The predicted octanol–water partition coefficient (Wildman–Crippen LogP) is 4.41. The number of nitrogens with one attached hydrogen (secondary N) is 1. The van der Waals surface area contributed by atoms with Gasteiger partial charge in [0.2, 0.25) is 0 Å². The lowest BCUT2D eigenvalue weighted by Gasteiger charge is -2.16. The zero-order valence-corrected chi connectivity index (χ0v) is 12.8. The van der Waals surface area contributed by atoms with Crippen molar-refractivity contribution in [2.75, 3.05) is 6.61 Å². The van der Waals surface area contributed by atoms with Crippen LogP contribution in [0.5, 0.6) is 5.75 Å². The molecular weight excluding hydrogens is 258 g/mol. The van der Waals surface area contributed by atoms with Crippen molar-refractivity contribution in [3.05, 3.63) is 77.9 Å². The summed E-state index contributed by atoms with van der Waals surface area (Å²) in [6.45, 7) is 9.38. The van der Waals surface area contributed by atoms with E-state index in [1.807, 2.05) is 12.1 Å². The molecule has 110 valence electrons. The molecule has 1 atom stereocenters. The summed E-state index contributed by atoms with van der Waals surface area (Å²) in [5, 5.41) is 3.56. The number of hydrogen-bond donors (Lipinski definition) is 1. The highest BCUT2D eigenvalue weighted by Gasteiger charge is 2.07. The van der Waals surface area contributed by atoms with Gasteiger partial charge in [0.15, 0.2) is 0 Å². The van der Waals surface area contributed by atoms with Crippen molar-refractivity contribution < 1.29 is 4.74 Å². The van der Waals surface area contributed by atoms with Crippen LogP contribution in [0, 0.1) is 6.92 Å². The molecule has 2 aromatic rings. The maximum absolute atomic E-state index is 5.48. The lowest BCUT2D eigenvalue weighted by molar-refractivity contribution is 0.363. The summed E-state index contributed by atoms with van der Waals surface area (Å²) in [6, 6.07) is 17.0. The summed E-state index contributed by atoms with van der Waals surface area (Å²) >= 11 is 0. The molecule has 0 fully saturated rings. The Morgan fingerprint density at radius 3 is 2.52 bits per heavy atom. The number of ether oxygens (including phenoxy) is 1. The van der Waals surface area contributed by atoms with Gasteiger partial charge in [-0.2, -0.15) is 0 Å². The molecule has 2 heteroatoms. The molecule has 0 aromatic heterocycles. The van der Waals surface area contributed by atoms with E-state index < -0.39 is 0 Å². The number of hydrogen-bond acceptors (Lipinski definition) is 2. The van der Waals surface area contributed by atoms with E-state index in [1.54, 1.807) is 6.08 Å². The van der Waals surface area contributed by atoms with Crippen LogP contribution < -0.4 is 10.1 Å². The maximum atomic E-state index is 5.48. The topological polar surface area (TPSA) is 21.3 Å². The third kappa shape index (κ3) is 4.47. The van der Waals surface area contributed by atoms with Crippen molar-refractivity contribution in [2.24, 2.45) is 0 Å². The van der Waals surface area contributed by atoms with Crippen LogP contribution in [0.3, 0.4) is 0 Å². The molecule has 0 saturated carbocycles. The summed E-state index contributed by atoms with van der Waals surface area (Å²) < 4.78 is 5.48. The second kappa shape index (κ2) is 7.65. The first kappa shape index (κ1) is 15.3. The van der Waals surface area contributed by atoms with E-state index in [0.29, 0.717) is 12.6 Å². The van der Waals surface area contributed by atoms with Gasteiger partial charge in [-0.15, -0.1) is 0 Å². The fourth-order valence-corrected chi connectivity index (χ4v) is 2.31. The van der Waals surface area contributed by atoms with E-state index >= 15 is 0 Å². The standard InChI is InChI=1S/C19H23NO/c1-4-13-21-18-11-9-17(10-12-18)14-20-16(3)19-8-6-5-7-15(19)2/h4-12,16,20H,1,13-14H2,2-3H3. The lowest BCUT2D eigenvalue weighted by Crippen LogP contribution is -2.18. The van der Waals surface area contributed by atoms with E-state index in [1.165, 1.54) is 16.7 Å². The molecular formula is C19H23NO. The van der Waals surface area contributed by atoms with Crippen molar-refractivity contribution in [3.63, 3.8) is 0 Å². The summed E-state index contributed by atoms with van der Waals surface area (Å²) in [7, 11) is 0. The molecule has 0 amide bonds. The highest BCUT2D eigenvalue weighted by atomic mass is 16.5. The van der Waals surface area contributed by atoms with Crippen molar-refractivity contribution in [2.45, 2.75) is 26.4 Å². The van der Waals surface area contributed by atoms with E-state index in [0.717, 1.165) is 12.3 Å². The Morgan fingerprint density at radius 1 is 1.14 bits per heavy atom. The quantitative estimate of drug-likeness (QED) is 0.759. The summed E-state index contributed by atoms with van der Waals surface area (Å²) in [4.78, 5) is 0. The van der Waals surface area contributed by atoms with Gasteiger partial charge in [-0.05, 0) is 42.7 Å². The molecule has 0 bridgehead atoms. The Balaban J connectivity index is 1.90. The monoisotopic (exact) mass is 281 g/mol. The Morgan fingerprint density at radius 2 is 1.86 bits per heavy atom. The molecule has 0 aliphatic rings. The number of aryl methyl sites for hydroxylation is 1. The molecule has 0 heterocycles. The fraction of sp³-hybridized carbons (Fsp3) is 0.263. The molecule has 1 unspecified atom stereocenters. The van der Waals surface area contributed by atoms with Crippen molar-refractivity contribution in [1.29, 1.82) is 0 Å². The van der Waals surface area contributed by atoms with Crippen molar-refractivity contribution in [1.82, 2.24) is 5.32 Å². The van der Waals surface area contributed by atoms with E-state index in [9.17, 15) is 0 Å². The minimum absolute atomic E-state index is 0.336. The number of rotatable bonds is 7. The largest absolute Gasteiger partial charge is 0.490 e. The highest BCUT2D eigenvalue weighted by Crippen LogP contribution is 2.18. The normalized spacial score (nSPS) is 11.9. The summed E-state index contributed by atoms with van der Waals surface area (Å²) in [5.41, 5.74) is 3.93. The van der Waals surface area contributed by atoms with Crippen LogP contribution in [0.4, 0.5) is 0 Å². The molecule has 0 radical (unpaired) electrons. The minimum Gasteiger partial charge on any atom is -0.490 e. The predicted molar refractivity (Wildman–Crippen MR) is 88.6 cm³/mol. The van der Waals surface area contributed by atoms with Crippen LogP contribution in [0.15, 0.2) is 61.2 Å². The van der Waals surface area contributed by atoms with Gasteiger partial charge in [0.25, 0.3) is 0 Å². The van der Waals surface area contributed by atoms with Gasteiger partial charge < -0.3 is 10.1 Å². The van der Waals surface area contributed by atoms with Crippen molar-refractivity contribution >= 4 is 0 Å². The van der Waals surface area contributed by atoms with Crippen LogP contribution in [-0.4, -0.2) is 6.61 Å². The van der Waals surface area contributed by atoms with Gasteiger partial charge in [0.05, 0.1) is 0 Å². The third-order valence-electron chi connectivity index (χ3n) is 3.56. The van der Waals surface area contributed by atoms with Crippen LogP contribution in [0.1, 0.15) is 29.7 Å². The van der Waals surface area contributed by atoms with Gasteiger partial charge in [0.1, 0.15) is 12.4 Å². The molecule has 0 aliphatic heterocycles. The Hall–Kier alpha value is -2.06. The van der Waals surface area contributed by atoms with Gasteiger partial charge in [-0.3, -0.25) is 0 Å². The Kier molecular flexibility index (Phi) is 5.59. The van der Waals surface area contributed by atoms with Crippen LogP contribution >= 0.6 is 0 Å². The smallest absolute Gasteiger partial charge is 0.119 e. The van der Waals surface area contributed by atoms with Gasteiger partial charge in [0, 0.05) is 12.6 Å². The molecule has 2 nitrogen and oxygen atoms in total. The van der Waals surface area contributed by atoms with Gasteiger partial charge in [-0.1, -0.05) is 49.1 Å². The average molecular weight is 281 g/mol. The second-order valence-corrected chi connectivity index (χ2v) is 5.20. The molecule has 0 aliphatic carbocycles. The fourth-order valence-electron chi connectivity index (χ4n) is 2.31. The van der Waals surface area contributed by atoms with E-state index in [4.69, 9.17) is 4.74 Å². The molecule has 0 spiro atoms. The first-order chi connectivity index (χ1) is 10.2. The van der Waals surface area contributed by atoms with E-state index in [-0.39, 0.29) is 0 Å². The minimum atomic E-state index is 0.336.